The first-order valence-electron chi connectivity index (χ1n) is 8.01. The monoisotopic (exact) mass is 313 g/mol. The van der Waals surface area contributed by atoms with Crippen molar-refractivity contribution in [2.24, 2.45) is 5.92 Å². The number of benzene rings is 2. The summed E-state index contributed by atoms with van der Waals surface area (Å²) in [5.74, 6) is 0.337. The van der Waals surface area contributed by atoms with E-state index in [-0.39, 0.29) is 18.3 Å². The van der Waals surface area contributed by atoms with Crippen LogP contribution in [-0.4, -0.2) is 17.9 Å². The molecular weight excluding hydrogens is 289 g/mol. The molecule has 0 saturated heterocycles. The smallest absolute Gasteiger partial charge is 0.227 e. The Hall–Kier alpha value is -2.16. The number of nitrogens with zero attached hydrogens (tertiary/aromatic N) is 1. The highest BCUT2D eigenvalue weighted by molar-refractivity contribution is 5.78. The van der Waals surface area contributed by atoms with Crippen LogP contribution < -0.4 is 0 Å². The van der Waals surface area contributed by atoms with Gasteiger partial charge in [0.25, 0.3) is 0 Å². The summed E-state index contributed by atoms with van der Waals surface area (Å²) < 4.78 is 13.7. The third kappa shape index (κ3) is 5.20. The minimum absolute atomic E-state index is 0.00939. The molecule has 0 N–H and O–H groups in total. The number of carbonyl (C=O) groups is 1. The van der Waals surface area contributed by atoms with E-state index in [4.69, 9.17) is 0 Å². The second-order valence-corrected chi connectivity index (χ2v) is 6.43. The Morgan fingerprint density at radius 1 is 1.04 bits per heavy atom. The molecule has 0 atom stereocenters. The maximum atomic E-state index is 13.7. The number of rotatable bonds is 6. The number of hydrogen-bond donors (Lipinski definition) is 0. The highest BCUT2D eigenvalue weighted by Gasteiger charge is 2.12. The molecule has 0 aromatic heterocycles. The Labute approximate surface area is 137 Å². The Morgan fingerprint density at radius 2 is 1.65 bits per heavy atom. The number of halogens is 1. The van der Waals surface area contributed by atoms with Crippen LogP contribution in [0, 0.1) is 11.7 Å². The van der Waals surface area contributed by atoms with Gasteiger partial charge >= 0.3 is 0 Å². The zero-order valence-corrected chi connectivity index (χ0v) is 14.1. The molecule has 0 spiro atoms. The Kier molecular flexibility index (Phi) is 5.91. The van der Waals surface area contributed by atoms with Gasteiger partial charge in [0.2, 0.25) is 5.91 Å². The molecule has 3 heteroatoms. The van der Waals surface area contributed by atoms with E-state index >= 15 is 0 Å². The molecule has 23 heavy (non-hydrogen) atoms. The van der Waals surface area contributed by atoms with Crippen LogP contribution in [0.1, 0.15) is 30.5 Å². The number of likely N-dealkylation sites (N-methyl/N-ethyl adjacent to an activating group) is 1. The van der Waals surface area contributed by atoms with Crippen LogP contribution in [-0.2, 0) is 24.2 Å². The fraction of sp³-hybridized carbons (Fsp3) is 0.350. The van der Waals surface area contributed by atoms with Gasteiger partial charge in [0, 0.05) is 19.2 Å². The first-order chi connectivity index (χ1) is 11.0. The van der Waals surface area contributed by atoms with E-state index in [1.165, 1.54) is 11.6 Å². The fourth-order valence-corrected chi connectivity index (χ4v) is 2.54. The van der Waals surface area contributed by atoms with Gasteiger partial charge in [0.05, 0.1) is 6.42 Å². The highest BCUT2D eigenvalue weighted by Crippen LogP contribution is 2.13. The highest BCUT2D eigenvalue weighted by atomic mass is 19.1. The molecule has 2 aromatic rings. The summed E-state index contributed by atoms with van der Waals surface area (Å²) in [5, 5.41) is 0. The summed E-state index contributed by atoms with van der Waals surface area (Å²) in [6, 6.07) is 14.7. The Bertz CT molecular complexity index is 649. The molecule has 122 valence electrons. The Balaban J connectivity index is 1.94. The van der Waals surface area contributed by atoms with Crippen LogP contribution in [0.5, 0.6) is 0 Å². The molecule has 0 fully saturated rings. The van der Waals surface area contributed by atoms with Gasteiger partial charge in [-0.05, 0) is 29.5 Å². The second kappa shape index (κ2) is 7.91. The van der Waals surface area contributed by atoms with E-state index in [1.54, 1.807) is 30.1 Å². The van der Waals surface area contributed by atoms with Crippen molar-refractivity contribution >= 4 is 5.91 Å². The lowest BCUT2D eigenvalue weighted by Crippen LogP contribution is -2.28. The predicted octanol–water partition coefficient (Wildman–Crippen LogP) is 4.23. The van der Waals surface area contributed by atoms with E-state index in [0.29, 0.717) is 17.9 Å². The zero-order chi connectivity index (χ0) is 16.8. The van der Waals surface area contributed by atoms with Crippen molar-refractivity contribution in [3.8, 4) is 0 Å². The van der Waals surface area contributed by atoms with Crippen LogP contribution >= 0.6 is 0 Å². The lowest BCUT2D eigenvalue weighted by Gasteiger charge is -2.18. The van der Waals surface area contributed by atoms with Gasteiger partial charge in [-0.15, -0.1) is 0 Å². The van der Waals surface area contributed by atoms with Crippen LogP contribution in [0.2, 0.25) is 0 Å². The summed E-state index contributed by atoms with van der Waals surface area (Å²) in [5.41, 5.74) is 2.81. The molecule has 0 aliphatic carbocycles. The standard InChI is InChI=1S/C20H24FNO/c1-15(2)12-16-8-10-17(11-9-16)13-20(23)22(3)14-18-6-4-5-7-19(18)21/h4-11,15H,12-14H2,1-3H3. The van der Waals surface area contributed by atoms with Crippen molar-refractivity contribution in [2.75, 3.05) is 7.05 Å². The van der Waals surface area contributed by atoms with Gasteiger partial charge in [-0.2, -0.15) is 0 Å². The lowest BCUT2D eigenvalue weighted by molar-refractivity contribution is -0.129. The Morgan fingerprint density at radius 3 is 2.26 bits per heavy atom. The van der Waals surface area contributed by atoms with E-state index in [2.05, 4.69) is 26.0 Å². The molecule has 2 aromatic carbocycles. The van der Waals surface area contributed by atoms with Crippen molar-refractivity contribution in [3.05, 3.63) is 71.0 Å². The molecule has 0 bridgehead atoms. The van der Waals surface area contributed by atoms with Crippen LogP contribution in [0.3, 0.4) is 0 Å². The average Bonchev–Trinajstić information content (AvgIpc) is 2.51. The molecule has 2 rings (SSSR count). The first-order valence-corrected chi connectivity index (χ1v) is 8.01. The van der Waals surface area contributed by atoms with Crippen LogP contribution in [0.25, 0.3) is 0 Å². The van der Waals surface area contributed by atoms with Crippen molar-refractivity contribution in [1.82, 2.24) is 4.90 Å². The molecule has 2 nitrogen and oxygen atoms in total. The lowest BCUT2D eigenvalue weighted by atomic mass is 10.0. The van der Waals surface area contributed by atoms with Crippen molar-refractivity contribution in [1.29, 1.82) is 0 Å². The fourth-order valence-electron chi connectivity index (χ4n) is 2.54. The summed E-state index contributed by atoms with van der Waals surface area (Å²) in [6.45, 7) is 4.67. The average molecular weight is 313 g/mol. The van der Waals surface area contributed by atoms with Gasteiger partial charge in [-0.1, -0.05) is 56.3 Å². The third-order valence-corrected chi connectivity index (χ3v) is 3.81. The van der Waals surface area contributed by atoms with Gasteiger partial charge in [0.15, 0.2) is 0 Å². The molecule has 0 heterocycles. The zero-order valence-electron chi connectivity index (χ0n) is 14.1. The van der Waals surface area contributed by atoms with Gasteiger partial charge in [-0.3, -0.25) is 4.79 Å². The maximum absolute atomic E-state index is 13.7. The summed E-state index contributed by atoms with van der Waals surface area (Å²) in [4.78, 5) is 13.9. The molecule has 0 unspecified atom stereocenters. The van der Waals surface area contributed by atoms with Crippen molar-refractivity contribution < 1.29 is 9.18 Å². The van der Waals surface area contributed by atoms with E-state index in [9.17, 15) is 9.18 Å². The topological polar surface area (TPSA) is 20.3 Å². The molecule has 0 aliphatic rings. The number of hydrogen-bond acceptors (Lipinski definition) is 1. The largest absolute Gasteiger partial charge is 0.341 e. The summed E-state index contributed by atoms with van der Waals surface area (Å²) in [7, 11) is 1.71. The van der Waals surface area contributed by atoms with Gasteiger partial charge < -0.3 is 4.90 Å². The second-order valence-electron chi connectivity index (χ2n) is 6.43. The minimum atomic E-state index is -0.273. The van der Waals surface area contributed by atoms with E-state index < -0.39 is 0 Å². The van der Waals surface area contributed by atoms with Gasteiger partial charge in [0.1, 0.15) is 5.82 Å². The number of carbonyl (C=O) groups excluding carboxylic acids is 1. The summed E-state index contributed by atoms with van der Waals surface area (Å²) >= 11 is 0. The van der Waals surface area contributed by atoms with Crippen molar-refractivity contribution in [3.63, 3.8) is 0 Å². The molecule has 1 amide bonds. The van der Waals surface area contributed by atoms with E-state index in [0.717, 1.165) is 12.0 Å². The first kappa shape index (κ1) is 17.2. The molecule has 0 aliphatic heterocycles. The normalized spacial score (nSPS) is 10.8. The quantitative estimate of drug-likeness (QED) is 0.781. The molecule has 0 radical (unpaired) electrons. The predicted molar refractivity (Wildman–Crippen MR) is 91.6 cm³/mol. The van der Waals surface area contributed by atoms with Crippen molar-refractivity contribution in [2.45, 2.75) is 33.2 Å². The van der Waals surface area contributed by atoms with Gasteiger partial charge in [-0.25, -0.2) is 4.39 Å². The SMILES string of the molecule is CC(C)Cc1ccc(CC(=O)N(C)Cc2ccccc2F)cc1. The number of amides is 1. The van der Waals surface area contributed by atoms with Crippen LogP contribution in [0.15, 0.2) is 48.5 Å². The molecule has 0 saturated carbocycles. The molecular formula is C20H24FNO. The summed E-state index contributed by atoms with van der Waals surface area (Å²) in [6.07, 6.45) is 1.38. The maximum Gasteiger partial charge on any atom is 0.227 e. The van der Waals surface area contributed by atoms with E-state index in [1.807, 2.05) is 12.1 Å². The third-order valence-electron chi connectivity index (χ3n) is 3.81. The van der Waals surface area contributed by atoms with Crippen LogP contribution in [0.4, 0.5) is 4.39 Å². The minimum Gasteiger partial charge on any atom is -0.341 e.